The summed E-state index contributed by atoms with van der Waals surface area (Å²) >= 11 is 0. The Bertz CT molecular complexity index is 329. The molecule has 1 aromatic rings. The third-order valence-corrected chi connectivity index (χ3v) is 1.52. The maximum absolute atomic E-state index is 9.99. The summed E-state index contributed by atoms with van der Waals surface area (Å²) < 4.78 is 4.52. The highest BCUT2D eigenvalue weighted by atomic mass is 16.5. The van der Waals surface area contributed by atoms with Crippen molar-refractivity contribution in [3.05, 3.63) is 29.8 Å². The predicted octanol–water partition coefficient (Wildman–Crippen LogP) is 1.96. The standard InChI is InChI=1S/C10H10O3/c1-2-3-8-4-5-10(13-7-11)9(12)6-8/h2-7,12H,1H3. The lowest BCUT2D eigenvalue weighted by Gasteiger charge is -2.01. The maximum Gasteiger partial charge on any atom is 0.298 e. The second-order valence-corrected chi connectivity index (χ2v) is 2.44. The lowest BCUT2D eigenvalue weighted by molar-refractivity contribution is -0.120. The van der Waals surface area contributed by atoms with Gasteiger partial charge in [0.1, 0.15) is 0 Å². The van der Waals surface area contributed by atoms with Gasteiger partial charge in [0.15, 0.2) is 11.5 Å². The zero-order chi connectivity index (χ0) is 9.68. The van der Waals surface area contributed by atoms with E-state index in [1.54, 1.807) is 12.1 Å². The molecule has 68 valence electrons. The highest BCUT2D eigenvalue weighted by molar-refractivity contribution is 5.57. The van der Waals surface area contributed by atoms with Crippen molar-refractivity contribution >= 4 is 12.5 Å². The van der Waals surface area contributed by atoms with Crippen LogP contribution in [0.3, 0.4) is 0 Å². The molecule has 0 aliphatic rings. The van der Waals surface area contributed by atoms with E-state index in [-0.39, 0.29) is 18.0 Å². The Hall–Kier alpha value is -1.77. The van der Waals surface area contributed by atoms with E-state index in [1.807, 2.05) is 19.1 Å². The van der Waals surface area contributed by atoms with Crippen molar-refractivity contribution in [2.24, 2.45) is 0 Å². The van der Waals surface area contributed by atoms with Gasteiger partial charge in [-0.2, -0.15) is 0 Å². The van der Waals surface area contributed by atoms with Crippen LogP contribution in [0.25, 0.3) is 6.08 Å². The molecular formula is C10H10O3. The molecule has 3 heteroatoms. The normalized spacial score (nSPS) is 10.2. The summed E-state index contributed by atoms with van der Waals surface area (Å²) in [5.41, 5.74) is 0.859. The average molecular weight is 178 g/mol. The van der Waals surface area contributed by atoms with Crippen molar-refractivity contribution in [3.8, 4) is 11.5 Å². The molecule has 0 amide bonds. The summed E-state index contributed by atoms with van der Waals surface area (Å²) in [5, 5.41) is 9.33. The predicted molar refractivity (Wildman–Crippen MR) is 49.5 cm³/mol. The Morgan fingerprint density at radius 3 is 2.77 bits per heavy atom. The molecule has 0 fully saturated rings. The van der Waals surface area contributed by atoms with Crippen molar-refractivity contribution in [2.45, 2.75) is 6.92 Å². The van der Waals surface area contributed by atoms with Crippen LogP contribution in [0.5, 0.6) is 11.5 Å². The third kappa shape index (κ3) is 2.33. The van der Waals surface area contributed by atoms with Gasteiger partial charge in [0, 0.05) is 0 Å². The molecule has 0 aliphatic carbocycles. The molecule has 0 radical (unpaired) electrons. The topological polar surface area (TPSA) is 46.5 Å². The minimum absolute atomic E-state index is 0.0392. The van der Waals surface area contributed by atoms with Gasteiger partial charge in [0.25, 0.3) is 6.47 Å². The monoisotopic (exact) mass is 178 g/mol. The van der Waals surface area contributed by atoms with E-state index in [2.05, 4.69) is 4.74 Å². The van der Waals surface area contributed by atoms with E-state index in [9.17, 15) is 9.90 Å². The van der Waals surface area contributed by atoms with Gasteiger partial charge in [-0.1, -0.05) is 18.2 Å². The lowest BCUT2D eigenvalue weighted by atomic mass is 10.2. The van der Waals surface area contributed by atoms with Crippen LogP contribution in [0.15, 0.2) is 24.3 Å². The number of hydrogen-bond donors (Lipinski definition) is 1. The summed E-state index contributed by atoms with van der Waals surface area (Å²) in [4.78, 5) is 9.99. The Kier molecular flexibility index (Phi) is 3.09. The van der Waals surface area contributed by atoms with Crippen molar-refractivity contribution in [1.29, 1.82) is 0 Å². The van der Waals surface area contributed by atoms with Crippen molar-refractivity contribution in [2.75, 3.05) is 0 Å². The smallest absolute Gasteiger partial charge is 0.298 e. The fourth-order valence-electron chi connectivity index (χ4n) is 0.982. The quantitative estimate of drug-likeness (QED) is 0.719. The van der Waals surface area contributed by atoms with Gasteiger partial charge < -0.3 is 9.84 Å². The number of benzene rings is 1. The Balaban J connectivity index is 2.97. The fraction of sp³-hybridized carbons (Fsp3) is 0.100. The van der Waals surface area contributed by atoms with Crippen LogP contribution in [0.4, 0.5) is 0 Å². The number of rotatable bonds is 3. The molecule has 0 aliphatic heterocycles. The number of allylic oxidation sites excluding steroid dienone is 1. The second kappa shape index (κ2) is 4.30. The van der Waals surface area contributed by atoms with Crippen molar-refractivity contribution < 1.29 is 14.6 Å². The van der Waals surface area contributed by atoms with Gasteiger partial charge in [-0.3, -0.25) is 4.79 Å². The van der Waals surface area contributed by atoms with Gasteiger partial charge in [0.05, 0.1) is 0 Å². The first-order valence-corrected chi connectivity index (χ1v) is 3.84. The fourth-order valence-corrected chi connectivity index (χ4v) is 0.982. The molecular weight excluding hydrogens is 168 g/mol. The minimum Gasteiger partial charge on any atom is -0.504 e. The van der Waals surface area contributed by atoms with E-state index >= 15 is 0 Å². The number of phenols is 1. The van der Waals surface area contributed by atoms with Gasteiger partial charge in [0.2, 0.25) is 0 Å². The summed E-state index contributed by atoms with van der Waals surface area (Å²) in [6.07, 6.45) is 3.69. The van der Waals surface area contributed by atoms with Crippen molar-refractivity contribution in [1.82, 2.24) is 0 Å². The molecule has 13 heavy (non-hydrogen) atoms. The summed E-state index contributed by atoms with van der Waals surface area (Å²) in [6.45, 7) is 2.16. The number of carbonyl (C=O) groups excluding carboxylic acids is 1. The molecule has 0 saturated heterocycles. The first-order chi connectivity index (χ1) is 6.27. The Morgan fingerprint density at radius 2 is 2.23 bits per heavy atom. The van der Waals surface area contributed by atoms with Crippen LogP contribution in [0.1, 0.15) is 12.5 Å². The minimum atomic E-state index is -0.0392. The largest absolute Gasteiger partial charge is 0.504 e. The Labute approximate surface area is 76.3 Å². The van der Waals surface area contributed by atoms with Crippen LogP contribution < -0.4 is 4.74 Å². The van der Waals surface area contributed by atoms with E-state index in [0.29, 0.717) is 0 Å². The first-order valence-electron chi connectivity index (χ1n) is 3.84. The number of hydrogen-bond acceptors (Lipinski definition) is 3. The second-order valence-electron chi connectivity index (χ2n) is 2.44. The molecule has 0 spiro atoms. The van der Waals surface area contributed by atoms with E-state index in [4.69, 9.17) is 0 Å². The van der Waals surface area contributed by atoms with Gasteiger partial charge in [-0.05, 0) is 24.6 Å². The van der Waals surface area contributed by atoms with Gasteiger partial charge >= 0.3 is 0 Å². The molecule has 0 atom stereocenters. The molecule has 0 bridgehead atoms. The number of phenolic OH excluding ortho intramolecular Hbond substituents is 1. The van der Waals surface area contributed by atoms with E-state index in [0.717, 1.165) is 5.56 Å². The van der Waals surface area contributed by atoms with Gasteiger partial charge in [-0.15, -0.1) is 0 Å². The average Bonchev–Trinajstić information content (AvgIpc) is 2.10. The van der Waals surface area contributed by atoms with Crippen LogP contribution in [0.2, 0.25) is 0 Å². The highest BCUT2D eigenvalue weighted by Crippen LogP contribution is 2.26. The summed E-state index contributed by atoms with van der Waals surface area (Å²) in [5.74, 6) is 0.131. The van der Waals surface area contributed by atoms with Crippen LogP contribution >= 0.6 is 0 Å². The van der Waals surface area contributed by atoms with Crippen LogP contribution in [0, 0.1) is 0 Å². The molecule has 0 unspecified atom stereocenters. The van der Waals surface area contributed by atoms with Crippen LogP contribution in [-0.4, -0.2) is 11.6 Å². The summed E-state index contributed by atoms with van der Waals surface area (Å²) in [6, 6.07) is 4.82. The highest BCUT2D eigenvalue weighted by Gasteiger charge is 2.01. The molecule has 3 nitrogen and oxygen atoms in total. The first kappa shape index (κ1) is 9.32. The SMILES string of the molecule is CC=Cc1ccc(OC=O)c(O)c1. The molecule has 0 aromatic heterocycles. The molecule has 1 rings (SSSR count). The van der Waals surface area contributed by atoms with E-state index in [1.165, 1.54) is 6.07 Å². The zero-order valence-electron chi connectivity index (χ0n) is 7.23. The molecule has 1 aromatic carbocycles. The third-order valence-electron chi connectivity index (χ3n) is 1.52. The molecule has 0 heterocycles. The molecule has 0 saturated carbocycles. The zero-order valence-corrected chi connectivity index (χ0v) is 7.23. The number of carbonyl (C=O) groups is 1. The van der Waals surface area contributed by atoms with Gasteiger partial charge in [-0.25, -0.2) is 0 Å². The maximum atomic E-state index is 9.99. The molecule has 1 N–H and O–H groups in total. The van der Waals surface area contributed by atoms with Crippen LogP contribution in [-0.2, 0) is 4.79 Å². The number of ether oxygens (including phenoxy) is 1. The number of aromatic hydroxyl groups is 1. The Morgan fingerprint density at radius 1 is 1.46 bits per heavy atom. The van der Waals surface area contributed by atoms with E-state index < -0.39 is 0 Å². The summed E-state index contributed by atoms with van der Waals surface area (Å²) in [7, 11) is 0. The lowest BCUT2D eigenvalue weighted by Crippen LogP contribution is -1.88. The van der Waals surface area contributed by atoms with Crippen molar-refractivity contribution in [3.63, 3.8) is 0 Å².